The van der Waals surface area contributed by atoms with Gasteiger partial charge in [0.15, 0.2) is 0 Å². The van der Waals surface area contributed by atoms with Crippen LogP contribution in [0.1, 0.15) is 5.56 Å². The van der Waals surface area contributed by atoms with E-state index in [4.69, 9.17) is 0 Å². The van der Waals surface area contributed by atoms with Crippen LogP contribution in [0.2, 0.25) is 0 Å². The van der Waals surface area contributed by atoms with Gasteiger partial charge in [0.05, 0.1) is 11.3 Å². The lowest BCUT2D eigenvalue weighted by molar-refractivity contribution is -0.384. The summed E-state index contributed by atoms with van der Waals surface area (Å²) in [6.45, 7) is 0.562. The van der Waals surface area contributed by atoms with Crippen molar-refractivity contribution < 1.29 is 4.92 Å². The van der Waals surface area contributed by atoms with Gasteiger partial charge in [0.2, 0.25) is 0 Å². The minimum Gasteiger partial charge on any atom is -0.369 e. The molecule has 0 aliphatic rings. The number of H-pyrrole nitrogens is 1. The molecule has 0 spiro atoms. The monoisotopic (exact) mass is 338 g/mol. The Morgan fingerprint density at radius 3 is 2.70 bits per heavy atom. The second kappa shape index (κ2) is 6.29. The van der Waals surface area contributed by atoms with Crippen LogP contribution in [0.15, 0.2) is 39.9 Å². The molecule has 0 amide bonds. The number of rotatable bonds is 5. The summed E-state index contributed by atoms with van der Waals surface area (Å²) < 4.78 is 0.351. The maximum Gasteiger partial charge on any atom is 0.269 e. The molecular formula is C12H11BrN4O3. The first-order chi connectivity index (χ1) is 9.58. The van der Waals surface area contributed by atoms with E-state index in [0.717, 1.165) is 5.56 Å². The van der Waals surface area contributed by atoms with E-state index in [1.165, 1.54) is 18.5 Å². The van der Waals surface area contributed by atoms with Gasteiger partial charge in [-0.15, -0.1) is 0 Å². The van der Waals surface area contributed by atoms with Gasteiger partial charge in [0.1, 0.15) is 10.3 Å². The van der Waals surface area contributed by atoms with E-state index >= 15 is 0 Å². The van der Waals surface area contributed by atoms with Gasteiger partial charge in [-0.1, -0.05) is 12.1 Å². The van der Waals surface area contributed by atoms with E-state index in [-0.39, 0.29) is 11.2 Å². The highest BCUT2D eigenvalue weighted by Gasteiger charge is 2.06. The van der Waals surface area contributed by atoms with E-state index in [1.54, 1.807) is 12.1 Å². The standard InChI is InChI=1S/C12H11BrN4O3/c13-10-11(15-7-16-12(10)18)14-6-5-8-1-3-9(4-2-8)17(19)20/h1-4,7H,5-6H2,(H2,14,15,16,18). The molecule has 1 aromatic heterocycles. The van der Waals surface area contributed by atoms with Gasteiger partial charge in [0.25, 0.3) is 11.2 Å². The Hall–Kier alpha value is -2.22. The molecule has 0 fully saturated rings. The molecule has 0 aliphatic heterocycles. The smallest absolute Gasteiger partial charge is 0.269 e. The summed E-state index contributed by atoms with van der Waals surface area (Å²) in [4.78, 5) is 27.9. The summed E-state index contributed by atoms with van der Waals surface area (Å²) in [6.07, 6.45) is 1.99. The van der Waals surface area contributed by atoms with Gasteiger partial charge < -0.3 is 10.3 Å². The van der Waals surface area contributed by atoms with Crippen molar-refractivity contribution in [2.24, 2.45) is 0 Å². The van der Waals surface area contributed by atoms with Gasteiger partial charge in [-0.3, -0.25) is 14.9 Å². The third kappa shape index (κ3) is 3.41. The predicted molar refractivity (Wildman–Crippen MR) is 77.8 cm³/mol. The zero-order chi connectivity index (χ0) is 14.5. The van der Waals surface area contributed by atoms with Crippen molar-refractivity contribution in [1.82, 2.24) is 9.97 Å². The molecule has 0 unspecified atom stereocenters. The molecule has 1 heterocycles. The van der Waals surface area contributed by atoms with Gasteiger partial charge in [-0.25, -0.2) is 4.98 Å². The third-order valence-corrected chi connectivity index (χ3v) is 3.39. The Bertz CT molecular complexity index is 669. The van der Waals surface area contributed by atoms with Crippen molar-refractivity contribution in [3.63, 3.8) is 0 Å². The first-order valence-electron chi connectivity index (χ1n) is 5.78. The van der Waals surface area contributed by atoms with Crippen LogP contribution in [0.3, 0.4) is 0 Å². The van der Waals surface area contributed by atoms with Crippen LogP contribution < -0.4 is 10.9 Å². The van der Waals surface area contributed by atoms with Gasteiger partial charge >= 0.3 is 0 Å². The third-order valence-electron chi connectivity index (χ3n) is 2.65. The van der Waals surface area contributed by atoms with Gasteiger partial charge in [0, 0.05) is 18.7 Å². The van der Waals surface area contributed by atoms with Gasteiger partial charge in [-0.05, 0) is 27.9 Å². The number of nitrogens with one attached hydrogen (secondary N) is 2. The fraction of sp³-hybridized carbons (Fsp3) is 0.167. The second-order valence-electron chi connectivity index (χ2n) is 3.99. The molecule has 0 bridgehead atoms. The minimum absolute atomic E-state index is 0.0701. The molecule has 0 radical (unpaired) electrons. The molecule has 104 valence electrons. The Kier molecular flexibility index (Phi) is 4.46. The number of nitro benzene ring substituents is 1. The number of nitro groups is 1. The van der Waals surface area contributed by atoms with Crippen molar-refractivity contribution in [3.8, 4) is 0 Å². The number of halogens is 1. The summed E-state index contributed by atoms with van der Waals surface area (Å²) in [6, 6.07) is 6.35. The minimum atomic E-state index is -0.431. The Morgan fingerprint density at radius 2 is 2.05 bits per heavy atom. The number of hydrogen-bond donors (Lipinski definition) is 2. The number of hydrogen-bond acceptors (Lipinski definition) is 5. The number of aromatic amines is 1. The van der Waals surface area contributed by atoms with Crippen molar-refractivity contribution in [2.45, 2.75) is 6.42 Å². The molecule has 20 heavy (non-hydrogen) atoms. The summed E-state index contributed by atoms with van der Waals surface area (Å²) in [7, 11) is 0. The lowest BCUT2D eigenvalue weighted by Gasteiger charge is -2.06. The van der Waals surface area contributed by atoms with Crippen LogP contribution in [-0.4, -0.2) is 21.4 Å². The number of aromatic nitrogens is 2. The topological polar surface area (TPSA) is 101 Å². The largest absolute Gasteiger partial charge is 0.369 e. The number of anilines is 1. The van der Waals surface area contributed by atoms with Crippen LogP contribution in [0, 0.1) is 10.1 Å². The zero-order valence-corrected chi connectivity index (χ0v) is 11.9. The number of benzene rings is 1. The summed E-state index contributed by atoms with van der Waals surface area (Å²) in [5, 5.41) is 13.6. The fourth-order valence-corrected chi connectivity index (χ4v) is 1.97. The maximum absolute atomic E-state index is 11.3. The summed E-state index contributed by atoms with van der Waals surface area (Å²) >= 11 is 3.15. The fourth-order valence-electron chi connectivity index (χ4n) is 1.62. The van der Waals surface area contributed by atoms with E-state index in [2.05, 4.69) is 31.2 Å². The molecule has 8 heteroatoms. The van der Waals surface area contributed by atoms with Crippen LogP contribution in [-0.2, 0) is 6.42 Å². The van der Waals surface area contributed by atoms with Crippen LogP contribution >= 0.6 is 15.9 Å². The van der Waals surface area contributed by atoms with Crippen molar-refractivity contribution in [2.75, 3.05) is 11.9 Å². The highest BCUT2D eigenvalue weighted by molar-refractivity contribution is 9.10. The van der Waals surface area contributed by atoms with E-state index in [0.29, 0.717) is 23.3 Å². The second-order valence-corrected chi connectivity index (χ2v) is 4.79. The average Bonchev–Trinajstić information content (AvgIpc) is 2.44. The molecule has 0 aliphatic carbocycles. The Balaban J connectivity index is 1.94. The number of non-ortho nitro benzene ring substituents is 1. The molecular weight excluding hydrogens is 328 g/mol. The van der Waals surface area contributed by atoms with Crippen LogP contribution in [0.25, 0.3) is 0 Å². The quantitative estimate of drug-likeness (QED) is 0.642. The molecule has 0 atom stereocenters. The van der Waals surface area contributed by atoms with Crippen molar-refractivity contribution in [3.05, 3.63) is 61.1 Å². The molecule has 1 aromatic carbocycles. The normalized spacial score (nSPS) is 10.2. The van der Waals surface area contributed by atoms with Crippen molar-refractivity contribution >= 4 is 27.4 Å². The first kappa shape index (κ1) is 14.2. The Labute approximate surface area is 122 Å². The molecule has 2 N–H and O–H groups in total. The Morgan fingerprint density at radius 1 is 1.35 bits per heavy atom. The number of nitrogens with zero attached hydrogens (tertiary/aromatic N) is 2. The van der Waals surface area contributed by atoms with E-state index < -0.39 is 4.92 Å². The predicted octanol–water partition coefficient (Wildman–Crippen LogP) is 2.10. The van der Waals surface area contributed by atoms with Crippen LogP contribution in [0.5, 0.6) is 0 Å². The average molecular weight is 339 g/mol. The van der Waals surface area contributed by atoms with E-state index in [9.17, 15) is 14.9 Å². The zero-order valence-electron chi connectivity index (χ0n) is 10.3. The van der Waals surface area contributed by atoms with Crippen molar-refractivity contribution in [1.29, 1.82) is 0 Å². The lowest BCUT2D eigenvalue weighted by atomic mass is 10.1. The summed E-state index contributed by atoms with van der Waals surface area (Å²) in [5.41, 5.74) is 0.780. The maximum atomic E-state index is 11.3. The molecule has 7 nitrogen and oxygen atoms in total. The lowest BCUT2D eigenvalue weighted by Crippen LogP contribution is -2.13. The molecule has 2 rings (SSSR count). The molecule has 0 saturated heterocycles. The summed E-state index contributed by atoms with van der Waals surface area (Å²) in [5.74, 6) is 0.468. The first-order valence-corrected chi connectivity index (χ1v) is 6.57. The molecule has 0 saturated carbocycles. The highest BCUT2D eigenvalue weighted by Crippen LogP contribution is 2.14. The van der Waals surface area contributed by atoms with Crippen LogP contribution in [0.4, 0.5) is 11.5 Å². The molecule has 2 aromatic rings. The SMILES string of the molecule is O=c1[nH]cnc(NCCc2ccc([N+](=O)[O-])cc2)c1Br. The van der Waals surface area contributed by atoms with E-state index in [1.807, 2.05) is 0 Å². The highest BCUT2D eigenvalue weighted by atomic mass is 79.9. The van der Waals surface area contributed by atoms with Gasteiger partial charge in [-0.2, -0.15) is 0 Å².